The second kappa shape index (κ2) is 5.42. The first kappa shape index (κ1) is 14.2. The number of nitrogens with two attached hydrogens (primary N) is 1. The van der Waals surface area contributed by atoms with Crippen molar-refractivity contribution in [3.8, 4) is 11.4 Å². The van der Waals surface area contributed by atoms with Gasteiger partial charge in [-0.25, -0.2) is 15.8 Å². The van der Waals surface area contributed by atoms with Gasteiger partial charge in [-0.15, -0.1) is 0 Å². The van der Waals surface area contributed by atoms with Gasteiger partial charge in [0.25, 0.3) is 0 Å². The predicted molar refractivity (Wildman–Crippen MR) is 87.0 cm³/mol. The van der Waals surface area contributed by atoms with E-state index in [1.54, 1.807) is 13.2 Å². The van der Waals surface area contributed by atoms with Crippen molar-refractivity contribution < 1.29 is 0 Å². The molecule has 0 amide bonds. The van der Waals surface area contributed by atoms with Crippen LogP contribution < -0.4 is 10.9 Å². The van der Waals surface area contributed by atoms with Crippen molar-refractivity contribution >= 4 is 28.4 Å². The quantitative estimate of drug-likeness (QED) is 0.503. The molecule has 0 radical (unpaired) electrons. The molecule has 0 aliphatic heterocycles. The molecule has 0 unspecified atom stereocenters. The lowest BCUT2D eigenvalue weighted by Gasteiger charge is -2.15. The monoisotopic (exact) mass is 368 g/mol. The van der Waals surface area contributed by atoms with Gasteiger partial charge in [0, 0.05) is 18.8 Å². The lowest BCUT2D eigenvalue weighted by Crippen LogP contribution is -2.27. The molecule has 4 nitrogen and oxygen atoms in total. The number of hydrogen-bond donors (Lipinski definition) is 1. The molecule has 1 aromatic carbocycles. The predicted octanol–water partition coefficient (Wildman–Crippen LogP) is 2.98. The Morgan fingerprint density at radius 3 is 2.26 bits per heavy atom. The molecule has 0 atom stereocenters. The van der Waals surface area contributed by atoms with E-state index >= 15 is 0 Å². The standard InChI is InChI=1S/C14H17IN4/c1-8-5-9(2)12(10(3)6-8)13-17-7-11(15)14(18-13)19(4)16/h5-7H,16H2,1-4H3. The first-order chi connectivity index (χ1) is 8.90. The van der Waals surface area contributed by atoms with Crippen LogP contribution in [0.3, 0.4) is 0 Å². The van der Waals surface area contributed by atoms with Crippen molar-refractivity contribution in [3.63, 3.8) is 0 Å². The highest BCUT2D eigenvalue weighted by Gasteiger charge is 2.13. The van der Waals surface area contributed by atoms with Gasteiger partial charge in [0.05, 0.1) is 3.57 Å². The summed E-state index contributed by atoms with van der Waals surface area (Å²) in [5, 5.41) is 1.52. The van der Waals surface area contributed by atoms with E-state index < -0.39 is 0 Å². The molecule has 0 saturated carbocycles. The highest BCUT2D eigenvalue weighted by Crippen LogP contribution is 2.27. The van der Waals surface area contributed by atoms with Crippen LogP contribution in [0, 0.1) is 24.3 Å². The van der Waals surface area contributed by atoms with Crippen molar-refractivity contribution in [2.75, 3.05) is 12.1 Å². The second-order valence-electron chi connectivity index (χ2n) is 4.75. The summed E-state index contributed by atoms with van der Waals surface area (Å²) in [6.07, 6.45) is 1.81. The fourth-order valence-corrected chi connectivity index (χ4v) is 2.90. The third-order valence-electron chi connectivity index (χ3n) is 2.96. The number of halogens is 1. The molecule has 0 fully saturated rings. The molecule has 2 aromatic rings. The van der Waals surface area contributed by atoms with Crippen molar-refractivity contribution in [2.24, 2.45) is 5.84 Å². The summed E-state index contributed by atoms with van der Waals surface area (Å²) in [6.45, 7) is 6.27. The molecular formula is C14H17IN4. The van der Waals surface area contributed by atoms with Crippen LogP contribution >= 0.6 is 22.6 Å². The number of benzene rings is 1. The molecule has 0 spiro atoms. The molecule has 19 heavy (non-hydrogen) atoms. The SMILES string of the molecule is Cc1cc(C)c(-c2ncc(I)c(N(C)N)n2)c(C)c1. The summed E-state index contributed by atoms with van der Waals surface area (Å²) in [6, 6.07) is 4.30. The van der Waals surface area contributed by atoms with E-state index in [9.17, 15) is 0 Å². The number of hydrazine groups is 1. The number of anilines is 1. The number of hydrogen-bond acceptors (Lipinski definition) is 4. The number of aromatic nitrogens is 2. The molecule has 0 aliphatic carbocycles. The van der Waals surface area contributed by atoms with Gasteiger partial charge in [0.1, 0.15) is 0 Å². The molecule has 2 rings (SSSR count). The maximum atomic E-state index is 5.80. The Balaban J connectivity index is 2.63. The number of aryl methyl sites for hydroxylation is 3. The molecule has 1 heterocycles. The smallest absolute Gasteiger partial charge is 0.162 e. The van der Waals surface area contributed by atoms with Crippen LogP contribution in [0.2, 0.25) is 0 Å². The average Bonchev–Trinajstić information content (AvgIpc) is 2.29. The Morgan fingerprint density at radius 2 is 1.74 bits per heavy atom. The van der Waals surface area contributed by atoms with Gasteiger partial charge in [0.2, 0.25) is 0 Å². The van der Waals surface area contributed by atoms with Gasteiger partial charge in [-0.1, -0.05) is 17.7 Å². The van der Waals surface area contributed by atoms with Crippen LogP contribution in [-0.4, -0.2) is 17.0 Å². The normalized spacial score (nSPS) is 10.6. The topological polar surface area (TPSA) is 55.0 Å². The Hall–Kier alpha value is -1.21. The zero-order valence-electron chi connectivity index (χ0n) is 11.5. The minimum Gasteiger partial charge on any atom is -0.297 e. The fourth-order valence-electron chi connectivity index (χ4n) is 2.26. The van der Waals surface area contributed by atoms with Gasteiger partial charge in [-0.3, -0.25) is 5.01 Å². The number of nitrogens with zero attached hydrogens (tertiary/aromatic N) is 3. The molecule has 5 heteroatoms. The minimum atomic E-state index is 0.725. The van der Waals surface area contributed by atoms with E-state index in [2.05, 4.69) is 65.5 Å². The Bertz CT molecular complexity index is 600. The number of rotatable bonds is 2. The molecule has 1 aromatic heterocycles. The molecular weight excluding hydrogens is 351 g/mol. The van der Waals surface area contributed by atoms with E-state index in [0.29, 0.717) is 0 Å². The van der Waals surface area contributed by atoms with E-state index in [0.717, 1.165) is 20.8 Å². The summed E-state index contributed by atoms with van der Waals surface area (Å²) in [5.41, 5.74) is 4.71. The molecule has 0 aliphatic rings. The van der Waals surface area contributed by atoms with Gasteiger partial charge >= 0.3 is 0 Å². The van der Waals surface area contributed by atoms with Crippen molar-refractivity contribution in [1.29, 1.82) is 0 Å². The van der Waals surface area contributed by atoms with E-state index in [4.69, 9.17) is 5.84 Å². The Kier molecular flexibility index (Phi) is 4.05. The van der Waals surface area contributed by atoms with Crippen LogP contribution in [0.25, 0.3) is 11.4 Å². The van der Waals surface area contributed by atoms with Crippen LogP contribution in [0.4, 0.5) is 5.82 Å². The highest BCUT2D eigenvalue weighted by molar-refractivity contribution is 14.1. The summed E-state index contributed by atoms with van der Waals surface area (Å²) in [5.74, 6) is 7.27. The Labute approximate surface area is 127 Å². The average molecular weight is 368 g/mol. The second-order valence-corrected chi connectivity index (χ2v) is 5.91. The van der Waals surface area contributed by atoms with Crippen molar-refractivity contribution in [3.05, 3.63) is 38.6 Å². The first-order valence-corrected chi connectivity index (χ1v) is 7.07. The summed E-state index contributed by atoms with van der Waals surface area (Å²) >= 11 is 2.19. The summed E-state index contributed by atoms with van der Waals surface area (Å²) in [7, 11) is 1.78. The third-order valence-corrected chi connectivity index (χ3v) is 3.72. The summed E-state index contributed by atoms with van der Waals surface area (Å²) < 4.78 is 0.939. The maximum Gasteiger partial charge on any atom is 0.162 e. The molecule has 0 saturated heterocycles. The molecule has 0 bridgehead atoms. The van der Waals surface area contributed by atoms with E-state index in [1.165, 1.54) is 21.7 Å². The lowest BCUT2D eigenvalue weighted by molar-refractivity contribution is 0.956. The van der Waals surface area contributed by atoms with Gasteiger partial charge in [-0.05, 0) is 54.5 Å². The minimum absolute atomic E-state index is 0.725. The van der Waals surface area contributed by atoms with Crippen LogP contribution in [0.15, 0.2) is 18.3 Å². The van der Waals surface area contributed by atoms with Gasteiger partial charge in [-0.2, -0.15) is 0 Å². The highest BCUT2D eigenvalue weighted by atomic mass is 127. The largest absolute Gasteiger partial charge is 0.297 e. The molecule has 100 valence electrons. The lowest BCUT2D eigenvalue weighted by atomic mass is 9.99. The van der Waals surface area contributed by atoms with Gasteiger partial charge in [0.15, 0.2) is 11.6 Å². The maximum absolute atomic E-state index is 5.80. The van der Waals surface area contributed by atoms with Crippen LogP contribution in [-0.2, 0) is 0 Å². The zero-order chi connectivity index (χ0) is 14.2. The van der Waals surface area contributed by atoms with Crippen LogP contribution in [0.5, 0.6) is 0 Å². The third kappa shape index (κ3) is 2.87. The van der Waals surface area contributed by atoms with Gasteiger partial charge < -0.3 is 0 Å². The van der Waals surface area contributed by atoms with Crippen LogP contribution in [0.1, 0.15) is 16.7 Å². The van der Waals surface area contributed by atoms with Crippen molar-refractivity contribution in [2.45, 2.75) is 20.8 Å². The zero-order valence-corrected chi connectivity index (χ0v) is 13.7. The first-order valence-electron chi connectivity index (χ1n) is 5.99. The fraction of sp³-hybridized carbons (Fsp3) is 0.286. The summed E-state index contributed by atoms with van der Waals surface area (Å²) in [4.78, 5) is 9.02. The van der Waals surface area contributed by atoms with E-state index in [1.807, 2.05) is 0 Å². The molecule has 2 N–H and O–H groups in total. The van der Waals surface area contributed by atoms with E-state index in [-0.39, 0.29) is 0 Å². The Morgan fingerprint density at radius 1 is 1.16 bits per heavy atom. The van der Waals surface area contributed by atoms with Crippen molar-refractivity contribution in [1.82, 2.24) is 9.97 Å².